The molecule has 0 saturated heterocycles. The number of nitrogens with two attached hydrogens (primary N) is 1. The Hall–Kier alpha value is -3.07. The fraction of sp³-hybridized carbons (Fsp3) is 0.263. The van der Waals surface area contributed by atoms with Crippen LogP contribution in [0.1, 0.15) is 17.5 Å². The highest BCUT2D eigenvalue weighted by atomic mass is 32.2. The molecule has 3 rings (SSSR count). The number of benzene rings is 1. The quantitative estimate of drug-likeness (QED) is 0.563. The second-order valence-corrected chi connectivity index (χ2v) is 7.18. The Morgan fingerprint density at radius 1 is 1.21 bits per heavy atom. The molecule has 0 fully saturated rings. The first-order chi connectivity index (χ1) is 13.5. The van der Waals surface area contributed by atoms with Crippen LogP contribution >= 0.6 is 11.8 Å². The summed E-state index contributed by atoms with van der Waals surface area (Å²) in [4.78, 5) is 23.6. The van der Waals surface area contributed by atoms with Gasteiger partial charge in [0.25, 0.3) is 0 Å². The Morgan fingerprint density at radius 3 is 2.75 bits per heavy atom. The number of thioether (sulfide) groups is 1. The van der Waals surface area contributed by atoms with E-state index < -0.39 is 5.91 Å². The minimum absolute atomic E-state index is 0.133. The van der Waals surface area contributed by atoms with Crippen molar-refractivity contribution in [1.29, 1.82) is 0 Å². The summed E-state index contributed by atoms with van der Waals surface area (Å²) in [5.41, 5.74) is 8.21. The third-order valence-electron chi connectivity index (χ3n) is 4.25. The number of hydrogen-bond donors (Lipinski definition) is 2. The summed E-state index contributed by atoms with van der Waals surface area (Å²) in [6, 6.07) is 9.27. The van der Waals surface area contributed by atoms with E-state index in [4.69, 9.17) is 10.2 Å². The number of aromatic nitrogens is 3. The van der Waals surface area contributed by atoms with Crippen LogP contribution in [-0.4, -0.2) is 32.3 Å². The van der Waals surface area contributed by atoms with Gasteiger partial charge in [0.15, 0.2) is 16.7 Å². The predicted molar refractivity (Wildman–Crippen MR) is 107 cm³/mol. The number of primary amides is 1. The predicted octanol–water partition coefficient (Wildman–Crippen LogP) is 2.76. The SMILES string of the molecule is Cc1cccc(NC(=O)CSc2nnc(-c3ccco3)n2CCC(N)=O)c1C. The summed E-state index contributed by atoms with van der Waals surface area (Å²) in [5, 5.41) is 11.7. The molecule has 3 aromatic rings. The van der Waals surface area contributed by atoms with Gasteiger partial charge in [0.2, 0.25) is 11.8 Å². The molecule has 2 aromatic heterocycles. The van der Waals surface area contributed by atoms with Crippen LogP contribution in [0.2, 0.25) is 0 Å². The first-order valence-electron chi connectivity index (χ1n) is 8.70. The fourth-order valence-electron chi connectivity index (χ4n) is 2.61. The van der Waals surface area contributed by atoms with Gasteiger partial charge in [-0.05, 0) is 43.2 Å². The van der Waals surface area contributed by atoms with Crippen molar-refractivity contribution in [3.8, 4) is 11.6 Å². The van der Waals surface area contributed by atoms with Crippen LogP contribution in [0.4, 0.5) is 5.69 Å². The average molecular weight is 399 g/mol. The average Bonchev–Trinajstić information content (AvgIpc) is 3.31. The van der Waals surface area contributed by atoms with Gasteiger partial charge in [-0.3, -0.25) is 14.2 Å². The highest BCUT2D eigenvalue weighted by Crippen LogP contribution is 2.25. The molecule has 2 amide bonds. The van der Waals surface area contributed by atoms with Gasteiger partial charge >= 0.3 is 0 Å². The van der Waals surface area contributed by atoms with Gasteiger partial charge in [-0.1, -0.05) is 23.9 Å². The lowest BCUT2D eigenvalue weighted by Crippen LogP contribution is -2.17. The maximum Gasteiger partial charge on any atom is 0.234 e. The van der Waals surface area contributed by atoms with Crippen LogP contribution in [0.5, 0.6) is 0 Å². The summed E-state index contributed by atoms with van der Waals surface area (Å²) in [5.74, 6) is 0.595. The van der Waals surface area contributed by atoms with Crippen molar-refractivity contribution in [1.82, 2.24) is 14.8 Å². The standard InChI is InChI=1S/C19H21N5O3S/c1-12-5-3-6-14(13(12)2)21-17(26)11-28-19-23-22-18(15-7-4-10-27-15)24(19)9-8-16(20)25/h3-7,10H,8-9,11H2,1-2H3,(H2,20,25)(H,21,26). The van der Waals surface area contributed by atoms with Gasteiger partial charge in [-0.25, -0.2) is 0 Å². The van der Waals surface area contributed by atoms with E-state index in [1.165, 1.54) is 18.0 Å². The molecular formula is C19H21N5O3S. The zero-order chi connectivity index (χ0) is 20.1. The van der Waals surface area contributed by atoms with Crippen molar-refractivity contribution in [2.45, 2.75) is 32.0 Å². The molecule has 0 spiro atoms. The Balaban J connectivity index is 1.72. The van der Waals surface area contributed by atoms with Crippen molar-refractivity contribution >= 4 is 29.3 Å². The van der Waals surface area contributed by atoms with E-state index in [1.54, 1.807) is 16.7 Å². The lowest BCUT2D eigenvalue weighted by atomic mass is 10.1. The molecule has 1 aromatic carbocycles. The minimum Gasteiger partial charge on any atom is -0.461 e. The fourth-order valence-corrected chi connectivity index (χ4v) is 3.37. The van der Waals surface area contributed by atoms with Crippen LogP contribution < -0.4 is 11.1 Å². The number of rotatable bonds is 8. The molecule has 0 radical (unpaired) electrons. The molecule has 0 aliphatic carbocycles. The zero-order valence-electron chi connectivity index (χ0n) is 15.6. The number of furan rings is 1. The molecule has 9 heteroatoms. The summed E-state index contributed by atoms with van der Waals surface area (Å²) in [6.45, 7) is 4.27. The van der Waals surface area contributed by atoms with E-state index in [0.29, 0.717) is 23.3 Å². The van der Waals surface area contributed by atoms with E-state index in [9.17, 15) is 9.59 Å². The highest BCUT2D eigenvalue weighted by molar-refractivity contribution is 7.99. The van der Waals surface area contributed by atoms with Gasteiger partial charge in [0.1, 0.15) is 0 Å². The van der Waals surface area contributed by atoms with Crippen LogP contribution in [-0.2, 0) is 16.1 Å². The van der Waals surface area contributed by atoms with E-state index in [0.717, 1.165) is 16.8 Å². The molecule has 0 bridgehead atoms. The van der Waals surface area contributed by atoms with Crippen LogP contribution in [0.3, 0.4) is 0 Å². The second kappa shape index (κ2) is 8.75. The Bertz CT molecular complexity index is 982. The third-order valence-corrected chi connectivity index (χ3v) is 5.22. The third kappa shape index (κ3) is 4.61. The lowest BCUT2D eigenvalue weighted by molar-refractivity contribution is -0.118. The zero-order valence-corrected chi connectivity index (χ0v) is 16.5. The van der Waals surface area contributed by atoms with Crippen molar-refractivity contribution in [2.75, 3.05) is 11.1 Å². The molecule has 0 saturated carbocycles. The largest absolute Gasteiger partial charge is 0.461 e. The maximum absolute atomic E-state index is 12.4. The molecule has 0 atom stereocenters. The Morgan fingerprint density at radius 2 is 2.04 bits per heavy atom. The number of nitrogens with zero attached hydrogens (tertiary/aromatic N) is 3. The monoisotopic (exact) mass is 399 g/mol. The number of hydrogen-bond acceptors (Lipinski definition) is 6. The maximum atomic E-state index is 12.4. The molecule has 146 valence electrons. The number of anilines is 1. The van der Waals surface area contributed by atoms with E-state index in [1.807, 2.05) is 32.0 Å². The molecule has 2 heterocycles. The van der Waals surface area contributed by atoms with Gasteiger partial charge in [0.05, 0.1) is 12.0 Å². The van der Waals surface area contributed by atoms with Crippen LogP contribution in [0, 0.1) is 13.8 Å². The number of aryl methyl sites for hydroxylation is 1. The summed E-state index contributed by atoms with van der Waals surface area (Å²) in [6.07, 6.45) is 1.67. The molecular weight excluding hydrogens is 378 g/mol. The van der Waals surface area contributed by atoms with Gasteiger partial charge in [-0.2, -0.15) is 0 Å². The normalized spacial score (nSPS) is 10.8. The minimum atomic E-state index is -0.428. The number of nitrogens with one attached hydrogen (secondary N) is 1. The Kier molecular flexibility index (Phi) is 6.15. The molecule has 28 heavy (non-hydrogen) atoms. The van der Waals surface area contributed by atoms with Crippen molar-refractivity contribution < 1.29 is 14.0 Å². The lowest BCUT2D eigenvalue weighted by Gasteiger charge is -2.11. The smallest absolute Gasteiger partial charge is 0.234 e. The van der Waals surface area contributed by atoms with Gasteiger partial charge < -0.3 is 15.5 Å². The van der Waals surface area contributed by atoms with Gasteiger partial charge in [-0.15, -0.1) is 10.2 Å². The summed E-state index contributed by atoms with van der Waals surface area (Å²) >= 11 is 1.24. The van der Waals surface area contributed by atoms with Crippen molar-refractivity contribution in [3.63, 3.8) is 0 Å². The first kappa shape index (κ1) is 19.7. The first-order valence-corrected chi connectivity index (χ1v) is 9.68. The van der Waals surface area contributed by atoms with Crippen LogP contribution in [0.15, 0.2) is 46.2 Å². The number of amides is 2. The molecule has 3 N–H and O–H groups in total. The Labute approximate surface area is 166 Å². The summed E-state index contributed by atoms with van der Waals surface area (Å²) < 4.78 is 7.12. The highest BCUT2D eigenvalue weighted by Gasteiger charge is 2.18. The van der Waals surface area contributed by atoms with Crippen molar-refractivity contribution in [3.05, 3.63) is 47.7 Å². The molecule has 0 aliphatic heterocycles. The molecule has 0 aliphatic rings. The second-order valence-electron chi connectivity index (χ2n) is 6.24. The topological polar surface area (TPSA) is 116 Å². The van der Waals surface area contributed by atoms with E-state index in [2.05, 4.69) is 15.5 Å². The molecule has 0 unspecified atom stereocenters. The van der Waals surface area contributed by atoms with Gasteiger partial charge in [0, 0.05) is 18.7 Å². The van der Waals surface area contributed by atoms with Crippen LogP contribution in [0.25, 0.3) is 11.6 Å². The van der Waals surface area contributed by atoms with E-state index >= 15 is 0 Å². The number of carbonyl (C=O) groups excluding carboxylic acids is 2. The van der Waals surface area contributed by atoms with E-state index in [-0.39, 0.29) is 18.1 Å². The molecule has 8 nitrogen and oxygen atoms in total. The van der Waals surface area contributed by atoms with Crippen molar-refractivity contribution in [2.24, 2.45) is 5.73 Å². The summed E-state index contributed by atoms with van der Waals surface area (Å²) in [7, 11) is 0. The number of carbonyl (C=O) groups is 2.